The van der Waals surface area contributed by atoms with Gasteiger partial charge < -0.3 is 20.5 Å². The zero-order valence-electron chi connectivity index (χ0n) is 20.0. The zero-order chi connectivity index (χ0) is 25.7. The topological polar surface area (TPSA) is 118 Å². The van der Waals surface area contributed by atoms with E-state index in [9.17, 15) is 4.79 Å². The Morgan fingerprint density at radius 3 is 2.24 bits per heavy atom. The van der Waals surface area contributed by atoms with Gasteiger partial charge in [-0.15, -0.1) is 0 Å². The van der Waals surface area contributed by atoms with E-state index in [0.717, 1.165) is 16.6 Å². The zero-order valence-corrected chi connectivity index (χ0v) is 20.0. The average molecular weight is 500 g/mol. The quantitative estimate of drug-likeness (QED) is 0.230. The highest BCUT2D eigenvalue weighted by Gasteiger charge is 2.14. The lowest BCUT2D eigenvalue weighted by Gasteiger charge is -2.10. The van der Waals surface area contributed by atoms with Crippen molar-refractivity contribution < 1.29 is 9.32 Å². The van der Waals surface area contributed by atoms with E-state index in [2.05, 4.69) is 36.1 Å². The molecule has 1 amide bonds. The smallest absolute Gasteiger partial charge is 0.255 e. The van der Waals surface area contributed by atoms with Gasteiger partial charge in [0.1, 0.15) is 29.3 Å². The van der Waals surface area contributed by atoms with Crippen LogP contribution in [0.1, 0.15) is 10.4 Å². The van der Waals surface area contributed by atoms with Crippen LogP contribution in [0.3, 0.4) is 0 Å². The van der Waals surface area contributed by atoms with E-state index in [1.54, 1.807) is 30.5 Å². The summed E-state index contributed by atoms with van der Waals surface area (Å²) in [5.41, 5.74) is 3.57. The van der Waals surface area contributed by atoms with Crippen LogP contribution in [-0.4, -0.2) is 26.0 Å². The van der Waals surface area contributed by atoms with Gasteiger partial charge in [-0.05, 0) is 54.6 Å². The normalized spacial score (nSPS) is 10.7. The second-order valence-corrected chi connectivity index (χ2v) is 8.39. The number of carbonyl (C=O) groups is 1. The van der Waals surface area contributed by atoms with Crippen LogP contribution in [0.2, 0.25) is 0 Å². The Morgan fingerprint density at radius 2 is 1.45 bits per heavy atom. The summed E-state index contributed by atoms with van der Waals surface area (Å²) in [7, 11) is 0. The summed E-state index contributed by atoms with van der Waals surface area (Å²) in [6, 6.07) is 29.8. The summed E-state index contributed by atoms with van der Waals surface area (Å²) in [6.45, 7) is 0. The van der Waals surface area contributed by atoms with Crippen molar-refractivity contribution in [3.05, 3.63) is 115 Å². The number of carbonyl (C=O) groups excluding carboxylic acids is 1. The Hall–Kier alpha value is -5.57. The summed E-state index contributed by atoms with van der Waals surface area (Å²) in [4.78, 5) is 25.7. The molecule has 184 valence electrons. The number of nitrogens with zero attached hydrogens (tertiary/aromatic N) is 4. The standard InChI is InChI=1S/C29H21N7O2/c37-29(20-9-14-24-23(16-20)28(38-36-24)19-6-2-1-3-7-19)34-22-12-10-21(11-13-22)33-26-17-27(32-18-31-26)35-25-8-4-5-15-30-25/h1-18H,(H,34,37)(H2,30,31,32,33,35). The van der Waals surface area contributed by atoms with Crippen LogP contribution in [-0.2, 0) is 0 Å². The number of hydrogen-bond donors (Lipinski definition) is 3. The van der Waals surface area contributed by atoms with Crippen LogP contribution in [0.15, 0.2) is 114 Å². The number of amides is 1. The Bertz CT molecular complexity index is 1700. The fourth-order valence-corrected chi connectivity index (χ4v) is 3.93. The predicted molar refractivity (Wildman–Crippen MR) is 147 cm³/mol. The molecule has 3 N–H and O–H groups in total. The summed E-state index contributed by atoms with van der Waals surface area (Å²) < 4.78 is 5.55. The van der Waals surface area contributed by atoms with Crippen molar-refractivity contribution in [2.24, 2.45) is 0 Å². The van der Waals surface area contributed by atoms with Crippen molar-refractivity contribution in [2.75, 3.05) is 16.0 Å². The molecule has 0 unspecified atom stereocenters. The molecule has 38 heavy (non-hydrogen) atoms. The molecule has 6 aromatic rings. The maximum absolute atomic E-state index is 13.0. The molecule has 3 aromatic heterocycles. The molecule has 9 nitrogen and oxygen atoms in total. The van der Waals surface area contributed by atoms with Crippen molar-refractivity contribution in [1.29, 1.82) is 0 Å². The van der Waals surface area contributed by atoms with Crippen LogP contribution in [0.4, 0.5) is 28.8 Å². The van der Waals surface area contributed by atoms with Gasteiger partial charge in [0.15, 0.2) is 5.76 Å². The monoisotopic (exact) mass is 499 g/mol. The lowest BCUT2D eigenvalue weighted by molar-refractivity contribution is 0.102. The van der Waals surface area contributed by atoms with Gasteiger partial charge in [0.25, 0.3) is 5.91 Å². The fraction of sp³-hybridized carbons (Fsp3) is 0. The number of rotatable bonds is 7. The molecule has 0 atom stereocenters. The molecule has 0 aliphatic heterocycles. The second kappa shape index (κ2) is 10.2. The highest BCUT2D eigenvalue weighted by atomic mass is 16.5. The average Bonchev–Trinajstić information content (AvgIpc) is 3.39. The van der Waals surface area contributed by atoms with Gasteiger partial charge in [-0.3, -0.25) is 4.79 Å². The first-order valence-electron chi connectivity index (χ1n) is 11.8. The molecule has 0 saturated heterocycles. The molecular weight excluding hydrogens is 478 g/mol. The molecule has 0 saturated carbocycles. The largest absolute Gasteiger partial charge is 0.355 e. The molecular formula is C29H21N7O2. The lowest BCUT2D eigenvalue weighted by atomic mass is 10.1. The summed E-state index contributed by atoms with van der Waals surface area (Å²) in [5.74, 6) is 2.33. The Labute approximate surface area is 217 Å². The molecule has 3 heterocycles. The first-order chi connectivity index (χ1) is 18.7. The van der Waals surface area contributed by atoms with Crippen molar-refractivity contribution in [3.8, 4) is 11.3 Å². The summed E-state index contributed by atoms with van der Waals surface area (Å²) in [6.07, 6.45) is 3.18. The van der Waals surface area contributed by atoms with Crippen LogP contribution < -0.4 is 16.0 Å². The molecule has 0 aliphatic carbocycles. The molecule has 0 radical (unpaired) electrons. The number of anilines is 5. The Morgan fingerprint density at radius 1 is 0.684 bits per heavy atom. The van der Waals surface area contributed by atoms with Crippen molar-refractivity contribution in [2.45, 2.75) is 0 Å². The second-order valence-electron chi connectivity index (χ2n) is 8.39. The maximum Gasteiger partial charge on any atom is 0.255 e. The number of nitrogens with one attached hydrogen (secondary N) is 3. The van der Waals surface area contributed by atoms with Gasteiger partial charge in [-0.25, -0.2) is 15.0 Å². The SMILES string of the molecule is O=C(Nc1ccc(Nc2cc(Nc3ccccn3)ncn2)cc1)c1ccc2noc(-c3ccccc3)c2c1. The van der Waals surface area contributed by atoms with E-state index < -0.39 is 0 Å². The third-order valence-corrected chi connectivity index (χ3v) is 5.78. The van der Waals surface area contributed by atoms with E-state index in [1.165, 1.54) is 6.33 Å². The third kappa shape index (κ3) is 5.02. The molecule has 0 spiro atoms. The fourth-order valence-electron chi connectivity index (χ4n) is 3.93. The van der Waals surface area contributed by atoms with E-state index in [1.807, 2.05) is 72.8 Å². The predicted octanol–water partition coefficient (Wildman–Crippen LogP) is 6.42. The van der Waals surface area contributed by atoms with Gasteiger partial charge in [-0.1, -0.05) is 41.6 Å². The van der Waals surface area contributed by atoms with Crippen LogP contribution >= 0.6 is 0 Å². The van der Waals surface area contributed by atoms with E-state index in [0.29, 0.717) is 40.0 Å². The number of hydrogen-bond acceptors (Lipinski definition) is 8. The number of pyridine rings is 1. The number of aromatic nitrogens is 4. The molecule has 0 aliphatic rings. The summed E-state index contributed by atoms with van der Waals surface area (Å²) >= 11 is 0. The van der Waals surface area contributed by atoms with E-state index >= 15 is 0 Å². The third-order valence-electron chi connectivity index (χ3n) is 5.78. The van der Waals surface area contributed by atoms with Gasteiger partial charge in [0.05, 0.1) is 5.39 Å². The van der Waals surface area contributed by atoms with Gasteiger partial charge >= 0.3 is 0 Å². The Balaban J connectivity index is 1.13. The number of fused-ring (bicyclic) bond motifs is 1. The van der Waals surface area contributed by atoms with Gasteiger partial charge in [-0.2, -0.15) is 0 Å². The molecule has 3 aromatic carbocycles. The summed E-state index contributed by atoms with van der Waals surface area (Å²) in [5, 5.41) is 14.2. The number of benzene rings is 3. The Kier molecular flexibility index (Phi) is 6.13. The maximum atomic E-state index is 13.0. The minimum atomic E-state index is -0.228. The first kappa shape index (κ1) is 22.9. The minimum absolute atomic E-state index is 0.228. The highest BCUT2D eigenvalue weighted by Crippen LogP contribution is 2.29. The van der Waals surface area contributed by atoms with Crippen LogP contribution in [0.25, 0.3) is 22.2 Å². The highest BCUT2D eigenvalue weighted by molar-refractivity contribution is 6.07. The van der Waals surface area contributed by atoms with E-state index in [4.69, 9.17) is 4.52 Å². The first-order valence-corrected chi connectivity index (χ1v) is 11.8. The molecule has 0 bridgehead atoms. The van der Waals surface area contributed by atoms with Crippen LogP contribution in [0, 0.1) is 0 Å². The minimum Gasteiger partial charge on any atom is -0.355 e. The van der Waals surface area contributed by atoms with Crippen LogP contribution in [0.5, 0.6) is 0 Å². The lowest BCUT2D eigenvalue weighted by Crippen LogP contribution is -2.11. The van der Waals surface area contributed by atoms with Crippen molar-refractivity contribution in [1.82, 2.24) is 20.1 Å². The van der Waals surface area contributed by atoms with Gasteiger partial charge in [0, 0.05) is 34.8 Å². The van der Waals surface area contributed by atoms with Crippen molar-refractivity contribution >= 4 is 45.6 Å². The molecule has 0 fully saturated rings. The van der Waals surface area contributed by atoms with Crippen molar-refractivity contribution in [3.63, 3.8) is 0 Å². The molecule has 9 heteroatoms. The van der Waals surface area contributed by atoms with E-state index in [-0.39, 0.29) is 5.91 Å². The molecule has 6 rings (SSSR count). The van der Waals surface area contributed by atoms with Gasteiger partial charge in [0.2, 0.25) is 0 Å².